The normalized spacial score (nSPS) is 31.8. The average molecular weight is 454 g/mol. The van der Waals surface area contributed by atoms with E-state index in [9.17, 15) is 27.9 Å². The number of aliphatic hydroxyl groups is 1. The maximum Gasteiger partial charge on any atom is 0.432 e. The zero-order chi connectivity index (χ0) is 23.5. The van der Waals surface area contributed by atoms with E-state index in [1.807, 2.05) is 0 Å². The third kappa shape index (κ3) is 4.44. The number of amides is 2. The van der Waals surface area contributed by atoms with Crippen molar-refractivity contribution in [2.24, 2.45) is 17.8 Å². The van der Waals surface area contributed by atoms with Crippen molar-refractivity contribution < 1.29 is 27.9 Å². The molecular weight excluding hydrogens is 423 g/mol. The molecule has 4 fully saturated rings. The summed E-state index contributed by atoms with van der Waals surface area (Å²) in [5.74, 6) is -0.400. The van der Waals surface area contributed by atoms with Crippen LogP contribution in [-0.2, 0) is 11.0 Å². The molecule has 2 amide bonds. The molecule has 4 aliphatic carbocycles. The number of hydrogen-bond acceptors (Lipinski definition) is 3. The van der Waals surface area contributed by atoms with Crippen LogP contribution in [0.3, 0.4) is 0 Å². The predicted octanol–water partition coefficient (Wildman–Crippen LogP) is 3.56. The van der Waals surface area contributed by atoms with Crippen LogP contribution in [0.5, 0.6) is 0 Å². The number of rotatable bonds is 5. The van der Waals surface area contributed by atoms with Crippen LogP contribution in [-0.4, -0.2) is 38.7 Å². The van der Waals surface area contributed by atoms with Gasteiger partial charge in [0.15, 0.2) is 0 Å². The van der Waals surface area contributed by atoms with Gasteiger partial charge < -0.3 is 20.3 Å². The van der Waals surface area contributed by atoms with E-state index in [4.69, 9.17) is 0 Å². The quantitative estimate of drug-likeness (QED) is 0.638. The lowest BCUT2D eigenvalue weighted by Gasteiger charge is -2.58. The highest BCUT2D eigenvalue weighted by atomic mass is 19.4. The monoisotopic (exact) mass is 453 g/mol. The molecule has 1 aromatic heterocycles. The Hall–Kier alpha value is -2.29. The van der Waals surface area contributed by atoms with Gasteiger partial charge in [0.25, 0.3) is 5.91 Å². The molecule has 2 atom stereocenters. The predicted molar refractivity (Wildman–Crippen MR) is 112 cm³/mol. The Balaban J connectivity index is 1.56. The van der Waals surface area contributed by atoms with Crippen LogP contribution in [0.4, 0.5) is 13.2 Å². The molecule has 0 aliphatic heterocycles. The Labute approximate surface area is 185 Å². The first kappa shape index (κ1) is 22.9. The van der Waals surface area contributed by atoms with E-state index in [0.717, 1.165) is 23.8 Å². The van der Waals surface area contributed by atoms with Crippen LogP contribution < -0.4 is 10.6 Å². The van der Waals surface area contributed by atoms with Crippen molar-refractivity contribution in [1.29, 1.82) is 0 Å². The molecule has 0 saturated heterocycles. The minimum Gasteiger partial charge on any atom is -0.390 e. The number of aromatic nitrogens is 1. The maximum absolute atomic E-state index is 13.9. The summed E-state index contributed by atoms with van der Waals surface area (Å²) in [6.45, 7) is 4.66. The van der Waals surface area contributed by atoms with Gasteiger partial charge in [-0.05, 0) is 75.8 Å². The van der Waals surface area contributed by atoms with Crippen molar-refractivity contribution in [2.45, 2.75) is 76.2 Å². The van der Waals surface area contributed by atoms with Crippen molar-refractivity contribution in [3.8, 4) is 0 Å². The van der Waals surface area contributed by atoms with Crippen LogP contribution in [0.25, 0.3) is 6.20 Å². The number of carbonyl (C=O) groups is 2. The Morgan fingerprint density at radius 3 is 2.34 bits per heavy atom. The molecule has 6 nitrogen and oxygen atoms in total. The smallest absolute Gasteiger partial charge is 0.390 e. The Kier molecular flexibility index (Phi) is 5.47. The second kappa shape index (κ2) is 7.64. The fourth-order valence-electron chi connectivity index (χ4n) is 6.26. The lowest BCUT2D eigenvalue weighted by Crippen LogP contribution is -2.61. The number of alkyl halides is 3. The summed E-state index contributed by atoms with van der Waals surface area (Å²) in [7, 11) is 0. The first-order chi connectivity index (χ1) is 14.8. The summed E-state index contributed by atoms with van der Waals surface area (Å²) in [5, 5.41) is 16.2. The van der Waals surface area contributed by atoms with Gasteiger partial charge in [0.05, 0.1) is 16.7 Å². The minimum atomic E-state index is -4.74. The zero-order valence-electron chi connectivity index (χ0n) is 18.5. The molecular formula is C23H30F3N3O3. The zero-order valence-corrected chi connectivity index (χ0v) is 18.5. The molecule has 4 bridgehead atoms. The van der Waals surface area contributed by atoms with Crippen molar-refractivity contribution in [2.75, 3.05) is 0 Å². The van der Waals surface area contributed by atoms with E-state index in [2.05, 4.69) is 10.6 Å². The first-order valence-corrected chi connectivity index (χ1v) is 11.1. The van der Waals surface area contributed by atoms with Gasteiger partial charge in [-0.25, -0.2) is 0 Å². The van der Waals surface area contributed by atoms with Gasteiger partial charge in [-0.3, -0.25) is 9.59 Å². The van der Waals surface area contributed by atoms with Crippen LogP contribution in [0.1, 0.15) is 68.9 Å². The summed E-state index contributed by atoms with van der Waals surface area (Å²) in [6.07, 6.45) is 2.92. The molecule has 4 aliphatic rings. The first-order valence-electron chi connectivity index (χ1n) is 11.1. The third-order valence-electron chi connectivity index (χ3n) is 7.12. The van der Waals surface area contributed by atoms with Crippen LogP contribution in [0.15, 0.2) is 18.3 Å². The second-order valence-electron chi connectivity index (χ2n) is 10.4. The molecule has 1 aromatic rings. The highest BCUT2D eigenvalue weighted by Gasteiger charge is 2.55. The highest BCUT2D eigenvalue weighted by molar-refractivity contribution is 5.96. The highest BCUT2D eigenvalue weighted by Crippen LogP contribution is 2.55. The Bertz CT molecular complexity index is 934. The number of nitrogens with zero attached hydrogens (tertiary/aromatic N) is 1. The molecule has 32 heavy (non-hydrogen) atoms. The largest absolute Gasteiger partial charge is 0.432 e. The van der Waals surface area contributed by atoms with Gasteiger partial charge >= 0.3 is 6.18 Å². The van der Waals surface area contributed by atoms with Gasteiger partial charge in [0, 0.05) is 25.4 Å². The summed E-state index contributed by atoms with van der Waals surface area (Å²) >= 11 is 0. The summed E-state index contributed by atoms with van der Waals surface area (Å²) in [6, 6.07) is 0.968. The lowest BCUT2D eigenvalue weighted by molar-refractivity contribution is -0.142. The van der Waals surface area contributed by atoms with E-state index in [0.29, 0.717) is 18.8 Å². The molecule has 9 heteroatoms. The number of carbonyl (C=O) groups excluding carboxylic acids is 2. The standard InChI is InChI=1S/C23H30F3N3O3/c1-13(30)28-21(2,3)5-7-29-6-4-17(19(29)23(24,25)26)20(31)27-18-15-8-14-9-16(18)12-22(32,10-14)11-15/h4-7,14-16,18,32H,8-12H2,1-3H3,(H,27,31)(H,28,30). The molecule has 4 saturated carbocycles. The van der Waals surface area contributed by atoms with Gasteiger partial charge in [-0.2, -0.15) is 13.2 Å². The fraction of sp³-hybridized carbons (Fsp3) is 0.652. The topological polar surface area (TPSA) is 83.4 Å². The van der Waals surface area contributed by atoms with Gasteiger partial charge in [0.1, 0.15) is 5.69 Å². The molecule has 1 heterocycles. The Morgan fingerprint density at radius 2 is 1.81 bits per heavy atom. The second-order valence-corrected chi connectivity index (χ2v) is 10.4. The fourth-order valence-corrected chi connectivity index (χ4v) is 6.26. The van der Waals surface area contributed by atoms with Gasteiger partial charge in [0.2, 0.25) is 5.91 Å². The van der Waals surface area contributed by atoms with Gasteiger partial charge in [-0.1, -0.05) is 0 Å². The van der Waals surface area contributed by atoms with E-state index in [1.54, 1.807) is 13.8 Å². The molecule has 176 valence electrons. The number of halogens is 3. The molecule has 0 aromatic carbocycles. The van der Waals surface area contributed by atoms with Crippen LogP contribution in [0, 0.1) is 17.8 Å². The molecule has 2 unspecified atom stereocenters. The average Bonchev–Trinajstić information content (AvgIpc) is 3.05. The molecule has 0 radical (unpaired) electrons. The Morgan fingerprint density at radius 1 is 1.19 bits per heavy atom. The van der Waals surface area contributed by atoms with Crippen molar-refractivity contribution in [3.05, 3.63) is 29.6 Å². The number of nitrogens with one attached hydrogen (secondary N) is 2. The summed E-state index contributed by atoms with van der Waals surface area (Å²) in [5.41, 5.74) is -3.01. The van der Waals surface area contributed by atoms with Crippen LogP contribution in [0.2, 0.25) is 0 Å². The van der Waals surface area contributed by atoms with E-state index < -0.39 is 34.5 Å². The van der Waals surface area contributed by atoms with E-state index in [1.165, 1.54) is 31.5 Å². The van der Waals surface area contributed by atoms with Crippen LogP contribution >= 0.6 is 0 Å². The van der Waals surface area contributed by atoms with Crippen molar-refractivity contribution in [3.63, 3.8) is 0 Å². The molecule has 5 rings (SSSR count). The maximum atomic E-state index is 13.9. The summed E-state index contributed by atoms with van der Waals surface area (Å²) < 4.78 is 42.6. The lowest BCUT2D eigenvalue weighted by atomic mass is 9.52. The third-order valence-corrected chi connectivity index (χ3v) is 7.12. The molecule has 0 spiro atoms. The minimum absolute atomic E-state index is 0.102. The van der Waals surface area contributed by atoms with E-state index in [-0.39, 0.29) is 23.8 Å². The van der Waals surface area contributed by atoms with E-state index >= 15 is 0 Å². The SMILES string of the molecule is CC(=O)NC(C)(C)C=Cn1ccc(C(=O)NC2C3CC4CC2CC(O)(C4)C3)c1C(F)(F)F. The summed E-state index contributed by atoms with van der Waals surface area (Å²) in [4.78, 5) is 24.3. The van der Waals surface area contributed by atoms with Gasteiger partial charge in [-0.15, -0.1) is 0 Å². The molecule has 3 N–H and O–H groups in total. The van der Waals surface area contributed by atoms with Crippen molar-refractivity contribution >= 4 is 18.0 Å². The number of hydrogen-bond donors (Lipinski definition) is 3. The van der Waals surface area contributed by atoms with Crippen molar-refractivity contribution in [1.82, 2.24) is 15.2 Å².